The molecule has 4 heteroatoms. The first kappa shape index (κ1) is 17.7. The maximum atomic E-state index is 11.9. The molecule has 0 aliphatic rings. The minimum atomic E-state index is -0.622. The van der Waals surface area contributed by atoms with Crippen molar-refractivity contribution in [3.05, 3.63) is 65.2 Å². The Morgan fingerprint density at radius 3 is 2.21 bits per heavy atom. The van der Waals surface area contributed by atoms with Gasteiger partial charge in [-0.2, -0.15) is 0 Å². The van der Waals surface area contributed by atoms with Crippen LogP contribution in [0, 0.1) is 13.8 Å². The van der Waals surface area contributed by atoms with Crippen LogP contribution in [-0.2, 0) is 16.0 Å². The van der Waals surface area contributed by atoms with Gasteiger partial charge in [0.15, 0.2) is 0 Å². The molecule has 0 unspecified atom stereocenters. The molecule has 2 amide bonds. The van der Waals surface area contributed by atoms with Gasteiger partial charge in [-0.05, 0) is 61.9 Å². The molecular weight excluding hydrogens is 300 g/mol. The summed E-state index contributed by atoms with van der Waals surface area (Å²) in [6.45, 7) is 4.41. The second-order valence-corrected chi connectivity index (χ2v) is 6.03. The van der Waals surface area contributed by atoms with E-state index in [4.69, 9.17) is 0 Å². The Labute approximate surface area is 143 Å². The van der Waals surface area contributed by atoms with E-state index in [1.54, 1.807) is 0 Å². The zero-order valence-electron chi connectivity index (χ0n) is 14.3. The van der Waals surface area contributed by atoms with Crippen molar-refractivity contribution >= 4 is 17.5 Å². The summed E-state index contributed by atoms with van der Waals surface area (Å²) in [4.78, 5) is 23.7. The molecular formula is C20H24N2O2. The second-order valence-electron chi connectivity index (χ2n) is 6.03. The van der Waals surface area contributed by atoms with Crippen molar-refractivity contribution in [1.82, 2.24) is 5.32 Å². The van der Waals surface area contributed by atoms with E-state index < -0.39 is 11.8 Å². The Bertz CT molecular complexity index is 676. The Balaban J connectivity index is 1.69. The molecule has 2 aromatic carbocycles. The highest BCUT2D eigenvalue weighted by Gasteiger charge is 2.13. The summed E-state index contributed by atoms with van der Waals surface area (Å²) in [6, 6.07) is 15.9. The van der Waals surface area contributed by atoms with Gasteiger partial charge in [-0.15, -0.1) is 0 Å². The zero-order chi connectivity index (χ0) is 17.4. The third-order valence-electron chi connectivity index (χ3n) is 3.71. The van der Waals surface area contributed by atoms with Gasteiger partial charge in [0.1, 0.15) is 0 Å². The summed E-state index contributed by atoms with van der Waals surface area (Å²) in [5, 5.41) is 5.31. The van der Waals surface area contributed by atoms with E-state index in [2.05, 4.69) is 22.8 Å². The fourth-order valence-corrected chi connectivity index (χ4v) is 2.62. The van der Waals surface area contributed by atoms with Gasteiger partial charge in [0.2, 0.25) is 0 Å². The molecule has 0 aromatic heterocycles. The minimum Gasteiger partial charge on any atom is -0.348 e. The van der Waals surface area contributed by atoms with Crippen LogP contribution < -0.4 is 10.6 Å². The van der Waals surface area contributed by atoms with Gasteiger partial charge in [-0.3, -0.25) is 9.59 Å². The summed E-state index contributed by atoms with van der Waals surface area (Å²) < 4.78 is 0. The number of hydrogen-bond acceptors (Lipinski definition) is 2. The summed E-state index contributed by atoms with van der Waals surface area (Å²) >= 11 is 0. The Morgan fingerprint density at radius 2 is 1.54 bits per heavy atom. The van der Waals surface area contributed by atoms with Crippen LogP contribution in [0.3, 0.4) is 0 Å². The van der Waals surface area contributed by atoms with Crippen molar-refractivity contribution in [3.63, 3.8) is 0 Å². The van der Waals surface area contributed by atoms with Crippen LogP contribution >= 0.6 is 0 Å². The molecule has 0 heterocycles. The average molecular weight is 324 g/mol. The van der Waals surface area contributed by atoms with E-state index in [1.165, 1.54) is 5.56 Å². The number of amides is 2. The summed E-state index contributed by atoms with van der Waals surface area (Å²) in [6.07, 6.45) is 2.80. The minimum absolute atomic E-state index is 0.506. The number of aryl methyl sites for hydroxylation is 3. The van der Waals surface area contributed by atoms with E-state index >= 15 is 0 Å². The lowest BCUT2D eigenvalue weighted by Crippen LogP contribution is -2.35. The standard InChI is InChI=1S/C20H24N2O2/c1-15-12-16(2)14-18(13-15)22-20(24)19(23)21-11-7-6-10-17-8-4-3-5-9-17/h3-5,8-9,12-14H,6-7,10-11H2,1-2H3,(H,21,23)(H,22,24). The van der Waals surface area contributed by atoms with Crippen LogP contribution in [0.1, 0.15) is 29.5 Å². The number of anilines is 1. The molecule has 2 N–H and O–H groups in total. The molecule has 0 spiro atoms. The van der Waals surface area contributed by atoms with Gasteiger partial charge in [0.25, 0.3) is 0 Å². The van der Waals surface area contributed by atoms with Gasteiger partial charge in [-0.1, -0.05) is 36.4 Å². The molecule has 0 aliphatic heterocycles. The van der Waals surface area contributed by atoms with Crippen molar-refractivity contribution in [2.45, 2.75) is 33.1 Å². The Morgan fingerprint density at radius 1 is 0.875 bits per heavy atom. The van der Waals surface area contributed by atoms with E-state index in [-0.39, 0.29) is 0 Å². The van der Waals surface area contributed by atoms with Crippen LogP contribution in [0.2, 0.25) is 0 Å². The molecule has 0 aliphatic carbocycles. The number of nitrogens with one attached hydrogen (secondary N) is 2. The number of benzene rings is 2. The molecule has 0 saturated heterocycles. The smallest absolute Gasteiger partial charge is 0.313 e. The van der Waals surface area contributed by atoms with Crippen molar-refractivity contribution in [2.24, 2.45) is 0 Å². The van der Waals surface area contributed by atoms with Gasteiger partial charge in [-0.25, -0.2) is 0 Å². The molecule has 2 aromatic rings. The normalized spacial score (nSPS) is 10.2. The van der Waals surface area contributed by atoms with Crippen LogP contribution in [0.4, 0.5) is 5.69 Å². The van der Waals surface area contributed by atoms with Gasteiger partial charge >= 0.3 is 11.8 Å². The predicted octanol–water partition coefficient (Wildman–Crippen LogP) is 3.38. The molecule has 24 heavy (non-hydrogen) atoms. The lowest BCUT2D eigenvalue weighted by molar-refractivity contribution is -0.136. The van der Waals surface area contributed by atoms with Crippen molar-refractivity contribution in [2.75, 3.05) is 11.9 Å². The number of hydrogen-bond donors (Lipinski definition) is 2. The van der Waals surface area contributed by atoms with E-state index in [9.17, 15) is 9.59 Å². The molecule has 2 rings (SSSR count). The monoisotopic (exact) mass is 324 g/mol. The Hall–Kier alpha value is -2.62. The van der Waals surface area contributed by atoms with Crippen LogP contribution in [0.15, 0.2) is 48.5 Å². The number of rotatable bonds is 6. The molecule has 126 valence electrons. The maximum Gasteiger partial charge on any atom is 0.313 e. The van der Waals surface area contributed by atoms with Crippen LogP contribution in [0.5, 0.6) is 0 Å². The zero-order valence-corrected chi connectivity index (χ0v) is 14.3. The van der Waals surface area contributed by atoms with E-state index in [1.807, 2.05) is 50.2 Å². The maximum absolute atomic E-state index is 11.9. The molecule has 0 atom stereocenters. The molecule has 0 radical (unpaired) electrons. The summed E-state index contributed by atoms with van der Waals surface area (Å²) in [7, 11) is 0. The molecule has 4 nitrogen and oxygen atoms in total. The van der Waals surface area contributed by atoms with Gasteiger partial charge in [0.05, 0.1) is 0 Å². The second kappa shape index (κ2) is 8.87. The van der Waals surface area contributed by atoms with Crippen LogP contribution in [0.25, 0.3) is 0 Å². The SMILES string of the molecule is Cc1cc(C)cc(NC(=O)C(=O)NCCCCc2ccccc2)c1. The molecule has 0 bridgehead atoms. The number of carbonyl (C=O) groups excluding carboxylic acids is 2. The van der Waals surface area contributed by atoms with Crippen LogP contribution in [-0.4, -0.2) is 18.4 Å². The third-order valence-corrected chi connectivity index (χ3v) is 3.71. The highest BCUT2D eigenvalue weighted by molar-refractivity contribution is 6.39. The van der Waals surface area contributed by atoms with E-state index in [0.29, 0.717) is 12.2 Å². The van der Waals surface area contributed by atoms with Crippen molar-refractivity contribution in [1.29, 1.82) is 0 Å². The summed E-state index contributed by atoms with van der Waals surface area (Å²) in [5.74, 6) is -1.21. The number of unbranched alkanes of at least 4 members (excludes halogenated alkanes) is 1. The Kier molecular flexibility index (Phi) is 6.55. The lowest BCUT2D eigenvalue weighted by Gasteiger charge is -2.08. The first-order chi connectivity index (χ1) is 11.5. The third kappa shape index (κ3) is 5.88. The fraction of sp³-hybridized carbons (Fsp3) is 0.300. The predicted molar refractivity (Wildman–Crippen MR) is 96.9 cm³/mol. The highest BCUT2D eigenvalue weighted by Crippen LogP contribution is 2.13. The molecule has 0 fully saturated rings. The van der Waals surface area contributed by atoms with Crippen molar-refractivity contribution < 1.29 is 9.59 Å². The first-order valence-electron chi connectivity index (χ1n) is 8.26. The first-order valence-corrected chi connectivity index (χ1v) is 8.26. The lowest BCUT2D eigenvalue weighted by atomic mass is 10.1. The topological polar surface area (TPSA) is 58.2 Å². The quantitative estimate of drug-likeness (QED) is 0.632. The van der Waals surface area contributed by atoms with Crippen molar-refractivity contribution in [3.8, 4) is 0 Å². The van der Waals surface area contributed by atoms with E-state index in [0.717, 1.165) is 30.4 Å². The molecule has 0 saturated carbocycles. The fourth-order valence-electron chi connectivity index (χ4n) is 2.62. The average Bonchev–Trinajstić information content (AvgIpc) is 2.54. The van der Waals surface area contributed by atoms with Gasteiger partial charge < -0.3 is 10.6 Å². The van der Waals surface area contributed by atoms with Gasteiger partial charge in [0, 0.05) is 12.2 Å². The number of carbonyl (C=O) groups is 2. The summed E-state index contributed by atoms with van der Waals surface area (Å²) in [5.41, 5.74) is 4.03. The highest BCUT2D eigenvalue weighted by atomic mass is 16.2. The largest absolute Gasteiger partial charge is 0.348 e.